The van der Waals surface area contributed by atoms with E-state index in [0.717, 1.165) is 0 Å². The molecule has 0 spiro atoms. The third-order valence-electron chi connectivity index (χ3n) is 4.35. The van der Waals surface area contributed by atoms with Gasteiger partial charge in [0.25, 0.3) is 0 Å². The zero-order valence-corrected chi connectivity index (χ0v) is 19.1. The standard InChI is InChI=1S/C19H26N4O8S2/c20-11(5-9-1-3-10(24)4-2-9)16(27)22-13(7-32)18(29)21-12(6-15(25)26)17(28)23-14(8-33)19(30)31/h1-4,11-14,24,32-33H,5-8,20H2,(H,21,29)(H,22,27)(H,23,28)(H,25,26)(H,30,31). The SMILES string of the molecule is NC(Cc1ccc(O)cc1)C(=O)NC(CS)C(=O)NC(CC(=O)O)C(=O)NC(CS)C(=O)O. The summed E-state index contributed by atoms with van der Waals surface area (Å²) in [5, 5.41) is 34.0. The predicted molar refractivity (Wildman–Crippen MR) is 123 cm³/mol. The summed E-state index contributed by atoms with van der Waals surface area (Å²) in [5.74, 6) is -5.86. The number of carboxylic acids is 2. The Kier molecular flexibility index (Phi) is 11.5. The quantitative estimate of drug-likeness (QED) is 0.138. The van der Waals surface area contributed by atoms with Crippen molar-refractivity contribution in [3.63, 3.8) is 0 Å². The van der Waals surface area contributed by atoms with E-state index in [9.17, 15) is 29.1 Å². The molecule has 4 unspecified atom stereocenters. The van der Waals surface area contributed by atoms with Crippen LogP contribution >= 0.6 is 25.3 Å². The second-order valence-electron chi connectivity index (χ2n) is 6.96. The third-order valence-corrected chi connectivity index (χ3v) is 5.08. The first kappa shape index (κ1) is 28.1. The van der Waals surface area contributed by atoms with E-state index >= 15 is 0 Å². The van der Waals surface area contributed by atoms with Crippen LogP contribution in [-0.4, -0.2) is 80.7 Å². The zero-order valence-electron chi connectivity index (χ0n) is 17.3. The molecule has 0 bridgehead atoms. The molecule has 14 heteroatoms. The number of aliphatic carboxylic acids is 2. The van der Waals surface area contributed by atoms with Crippen LogP contribution in [0.5, 0.6) is 5.75 Å². The highest BCUT2D eigenvalue weighted by Gasteiger charge is 2.30. The van der Waals surface area contributed by atoms with Gasteiger partial charge in [0.2, 0.25) is 17.7 Å². The molecule has 0 aliphatic rings. The average Bonchev–Trinajstić information content (AvgIpc) is 2.75. The first-order chi connectivity index (χ1) is 15.5. The number of thiol groups is 2. The van der Waals surface area contributed by atoms with Crippen molar-refractivity contribution >= 4 is 54.9 Å². The second kappa shape index (κ2) is 13.5. The number of aromatic hydroxyl groups is 1. The van der Waals surface area contributed by atoms with Crippen LogP contribution in [0.25, 0.3) is 0 Å². The topological polar surface area (TPSA) is 208 Å². The first-order valence-corrected chi connectivity index (χ1v) is 10.9. The number of phenols is 1. The van der Waals surface area contributed by atoms with Gasteiger partial charge in [-0.2, -0.15) is 25.3 Å². The van der Waals surface area contributed by atoms with Crippen LogP contribution in [0.15, 0.2) is 24.3 Å². The second-order valence-corrected chi connectivity index (χ2v) is 7.69. The molecule has 33 heavy (non-hydrogen) atoms. The highest BCUT2D eigenvalue weighted by Crippen LogP contribution is 2.11. The number of phenolic OH excluding ortho intramolecular Hbond substituents is 1. The van der Waals surface area contributed by atoms with Crippen LogP contribution in [0.3, 0.4) is 0 Å². The number of amides is 3. The summed E-state index contributed by atoms with van der Waals surface area (Å²) in [6.07, 6.45) is -0.721. The molecule has 0 aromatic heterocycles. The fourth-order valence-electron chi connectivity index (χ4n) is 2.57. The molecular weight excluding hydrogens is 476 g/mol. The lowest BCUT2D eigenvalue weighted by Crippen LogP contribution is -2.58. The van der Waals surface area contributed by atoms with E-state index in [-0.39, 0.29) is 23.7 Å². The summed E-state index contributed by atoms with van der Waals surface area (Å²) < 4.78 is 0. The van der Waals surface area contributed by atoms with Gasteiger partial charge in [0.15, 0.2) is 0 Å². The zero-order chi connectivity index (χ0) is 25.1. The summed E-state index contributed by atoms with van der Waals surface area (Å²) >= 11 is 7.80. The molecule has 0 aliphatic carbocycles. The van der Waals surface area contributed by atoms with Gasteiger partial charge in [-0.3, -0.25) is 19.2 Å². The number of benzene rings is 1. The molecule has 0 fully saturated rings. The van der Waals surface area contributed by atoms with E-state index in [1.54, 1.807) is 12.1 Å². The highest BCUT2D eigenvalue weighted by atomic mass is 32.1. The van der Waals surface area contributed by atoms with Crippen molar-refractivity contribution in [3.8, 4) is 5.75 Å². The van der Waals surface area contributed by atoms with Crippen molar-refractivity contribution in [2.45, 2.75) is 37.0 Å². The van der Waals surface area contributed by atoms with Gasteiger partial charge in [-0.05, 0) is 24.1 Å². The van der Waals surface area contributed by atoms with Gasteiger partial charge in [0.1, 0.15) is 23.9 Å². The van der Waals surface area contributed by atoms with Crippen molar-refractivity contribution in [2.75, 3.05) is 11.5 Å². The largest absolute Gasteiger partial charge is 0.508 e. The molecule has 12 nitrogen and oxygen atoms in total. The van der Waals surface area contributed by atoms with Crippen molar-refractivity contribution in [2.24, 2.45) is 5.73 Å². The Bertz CT molecular complexity index is 868. The Balaban J connectivity index is 2.81. The molecule has 0 heterocycles. The van der Waals surface area contributed by atoms with Gasteiger partial charge >= 0.3 is 11.9 Å². The summed E-state index contributed by atoms with van der Waals surface area (Å²) in [7, 11) is 0. The van der Waals surface area contributed by atoms with Gasteiger partial charge in [0.05, 0.1) is 12.5 Å². The smallest absolute Gasteiger partial charge is 0.327 e. The van der Waals surface area contributed by atoms with Crippen molar-refractivity contribution in [1.82, 2.24) is 16.0 Å². The Labute approximate surface area is 200 Å². The molecule has 0 radical (unpaired) electrons. The predicted octanol–water partition coefficient (Wildman–Crippen LogP) is -1.86. The Morgan fingerprint density at radius 2 is 1.30 bits per heavy atom. The molecular formula is C19H26N4O8S2. The lowest BCUT2D eigenvalue weighted by molar-refractivity contribution is -0.143. The van der Waals surface area contributed by atoms with E-state index in [4.69, 9.17) is 15.9 Å². The van der Waals surface area contributed by atoms with E-state index in [2.05, 4.69) is 41.2 Å². The molecule has 4 atom stereocenters. The Hall–Kier alpha value is -2.97. The van der Waals surface area contributed by atoms with E-state index in [1.807, 2.05) is 0 Å². The minimum Gasteiger partial charge on any atom is -0.508 e. The van der Waals surface area contributed by atoms with E-state index < -0.39 is 60.2 Å². The fourth-order valence-corrected chi connectivity index (χ4v) is 3.07. The number of carboxylic acid groups (broad SMARTS) is 2. The molecule has 8 N–H and O–H groups in total. The molecule has 0 saturated heterocycles. The van der Waals surface area contributed by atoms with Crippen molar-refractivity contribution < 1.29 is 39.3 Å². The highest BCUT2D eigenvalue weighted by molar-refractivity contribution is 7.80. The normalized spacial score (nSPS) is 14.3. The van der Waals surface area contributed by atoms with Gasteiger partial charge in [0, 0.05) is 11.5 Å². The minimum absolute atomic E-state index is 0.0487. The Morgan fingerprint density at radius 1 is 0.818 bits per heavy atom. The number of nitrogens with two attached hydrogens (primary N) is 1. The molecule has 182 valence electrons. The van der Waals surface area contributed by atoms with Gasteiger partial charge < -0.3 is 37.0 Å². The maximum atomic E-state index is 12.6. The van der Waals surface area contributed by atoms with Crippen molar-refractivity contribution in [3.05, 3.63) is 29.8 Å². The number of hydrogen-bond acceptors (Lipinski definition) is 9. The summed E-state index contributed by atoms with van der Waals surface area (Å²) in [5.41, 5.74) is 6.53. The molecule has 3 amide bonds. The monoisotopic (exact) mass is 502 g/mol. The van der Waals surface area contributed by atoms with Crippen LogP contribution < -0.4 is 21.7 Å². The lowest BCUT2D eigenvalue weighted by atomic mass is 10.1. The van der Waals surface area contributed by atoms with Crippen LogP contribution in [-0.2, 0) is 30.4 Å². The maximum Gasteiger partial charge on any atom is 0.327 e. The summed E-state index contributed by atoms with van der Waals surface area (Å²) in [4.78, 5) is 59.5. The number of hydrogen-bond donors (Lipinski definition) is 9. The Morgan fingerprint density at radius 3 is 1.79 bits per heavy atom. The van der Waals surface area contributed by atoms with Crippen molar-refractivity contribution in [1.29, 1.82) is 0 Å². The van der Waals surface area contributed by atoms with Gasteiger partial charge in [-0.1, -0.05) is 12.1 Å². The number of rotatable bonds is 13. The fraction of sp³-hybridized carbons (Fsp3) is 0.421. The average molecular weight is 503 g/mol. The number of carbonyl (C=O) groups is 5. The number of nitrogens with one attached hydrogen (secondary N) is 3. The van der Waals surface area contributed by atoms with Gasteiger partial charge in [-0.15, -0.1) is 0 Å². The van der Waals surface area contributed by atoms with Crippen LogP contribution in [0, 0.1) is 0 Å². The lowest BCUT2D eigenvalue weighted by Gasteiger charge is -2.23. The molecule has 0 aliphatic heterocycles. The van der Waals surface area contributed by atoms with Crippen LogP contribution in [0.1, 0.15) is 12.0 Å². The van der Waals surface area contributed by atoms with Crippen LogP contribution in [0.2, 0.25) is 0 Å². The first-order valence-electron chi connectivity index (χ1n) is 9.59. The molecule has 1 rings (SSSR count). The summed E-state index contributed by atoms with van der Waals surface area (Å²) in [6, 6.07) is 0.713. The number of carbonyl (C=O) groups excluding carboxylic acids is 3. The minimum atomic E-state index is -1.61. The molecule has 1 aromatic carbocycles. The van der Waals surface area contributed by atoms with E-state index in [0.29, 0.717) is 5.56 Å². The van der Waals surface area contributed by atoms with Crippen LogP contribution in [0.4, 0.5) is 0 Å². The van der Waals surface area contributed by atoms with Gasteiger partial charge in [-0.25, -0.2) is 4.79 Å². The summed E-state index contributed by atoms with van der Waals surface area (Å²) in [6.45, 7) is 0. The third kappa shape index (κ3) is 9.59. The molecule has 1 aromatic rings. The maximum absolute atomic E-state index is 12.6. The van der Waals surface area contributed by atoms with E-state index in [1.165, 1.54) is 12.1 Å². The molecule has 0 saturated carbocycles.